The molecule has 0 unspecified atom stereocenters. The lowest BCUT2D eigenvalue weighted by Crippen LogP contribution is -2.11. The molecule has 0 aliphatic heterocycles. The van der Waals surface area contributed by atoms with E-state index in [2.05, 4.69) is 0 Å². The van der Waals surface area contributed by atoms with Gasteiger partial charge in [-0.15, -0.1) is 0 Å². The Morgan fingerprint density at radius 1 is 0.864 bits per heavy atom. The molecular formula is C16H14O6. The zero-order valence-corrected chi connectivity index (χ0v) is 11.6. The molecule has 6 heteroatoms. The second kappa shape index (κ2) is 8.31. The van der Waals surface area contributed by atoms with Gasteiger partial charge in [-0.1, -0.05) is 0 Å². The second-order valence-electron chi connectivity index (χ2n) is 4.03. The van der Waals surface area contributed by atoms with Crippen LogP contribution in [0.1, 0.15) is 11.5 Å². The molecule has 0 N–H and O–H groups in total. The Bertz CT molecular complexity index is 576. The molecule has 0 aliphatic carbocycles. The summed E-state index contributed by atoms with van der Waals surface area (Å²) >= 11 is 0. The number of furan rings is 2. The quantitative estimate of drug-likeness (QED) is 0.444. The van der Waals surface area contributed by atoms with Crippen LogP contribution < -0.4 is 0 Å². The Morgan fingerprint density at radius 3 is 1.68 bits per heavy atom. The van der Waals surface area contributed by atoms with Crippen molar-refractivity contribution in [2.75, 3.05) is 13.2 Å². The summed E-state index contributed by atoms with van der Waals surface area (Å²) in [5.74, 6) is 0.00929. The fourth-order valence-electron chi connectivity index (χ4n) is 1.45. The van der Waals surface area contributed by atoms with Crippen molar-refractivity contribution in [3.63, 3.8) is 0 Å². The lowest BCUT2D eigenvalue weighted by Gasteiger charge is -2.02. The number of hydrogen-bond donors (Lipinski definition) is 0. The molecule has 0 spiro atoms. The molecule has 114 valence electrons. The van der Waals surface area contributed by atoms with Gasteiger partial charge in [0.05, 0.1) is 12.5 Å². The summed E-state index contributed by atoms with van der Waals surface area (Å²) in [6.07, 6.45) is 8.44. The van der Waals surface area contributed by atoms with Crippen molar-refractivity contribution < 1.29 is 27.9 Å². The first-order chi connectivity index (χ1) is 10.7. The lowest BCUT2D eigenvalue weighted by molar-refractivity contribution is -0.145. The number of carbonyl (C=O) groups is 2. The number of hydrogen-bond acceptors (Lipinski definition) is 6. The normalized spacial score (nSPS) is 11.1. The summed E-state index contributed by atoms with van der Waals surface area (Å²) in [6, 6.07) is 6.83. The predicted molar refractivity (Wildman–Crippen MR) is 77.4 cm³/mol. The molecular weight excluding hydrogens is 288 g/mol. The standard InChI is InChI=1S/C16H14O6/c17-15(7-5-13-3-1-9-19-13)21-11-12-22-16(18)8-6-14-4-2-10-20-14/h1-10H,11-12H2. The molecule has 0 saturated heterocycles. The minimum Gasteiger partial charge on any atom is -0.465 e. The monoisotopic (exact) mass is 302 g/mol. The van der Waals surface area contributed by atoms with Crippen LogP contribution in [0, 0.1) is 0 Å². The Labute approximate surface area is 126 Å². The van der Waals surface area contributed by atoms with Gasteiger partial charge in [0.2, 0.25) is 0 Å². The van der Waals surface area contributed by atoms with E-state index < -0.39 is 11.9 Å². The van der Waals surface area contributed by atoms with Gasteiger partial charge in [-0.3, -0.25) is 0 Å². The van der Waals surface area contributed by atoms with Crippen LogP contribution >= 0.6 is 0 Å². The molecule has 0 aliphatic rings. The largest absolute Gasteiger partial charge is 0.465 e. The van der Waals surface area contributed by atoms with Crippen LogP contribution in [-0.4, -0.2) is 25.2 Å². The van der Waals surface area contributed by atoms with E-state index in [1.807, 2.05) is 0 Å². The summed E-state index contributed by atoms with van der Waals surface area (Å²) < 4.78 is 19.7. The topological polar surface area (TPSA) is 78.9 Å². The van der Waals surface area contributed by atoms with Crippen LogP contribution in [-0.2, 0) is 19.1 Å². The Balaban J connectivity index is 1.60. The highest BCUT2D eigenvalue weighted by molar-refractivity contribution is 5.87. The van der Waals surface area contributed by atoms with E-state index in [0.29, 0.717) is 11.5 Å². The summed E-state index contributed by atoms with van der Waals surface area (Å²) in [7, 11) is 0. The van der Waals surface area contributed by atoms with Crippen molar-refractivity contribution in [2.45, 2.75) is 0 Å². The van der Waals surface area contributed by atoms with E-state index in [-0.39, 0.29) is 13.2 Å². The number of esters is 2. The molecule has 0 saturated carbocycles. The van der Waals surface area contributed by atoms with Gasteiger partial charge in [0.15, 0.2) is 0 Å². The first-order valence-corrected chi connectivity index (χ1v) is 6.51. The number of rotatable bonds is 7. The average molecular weight is 302 g/mol. The maximum atomic E-state index is 11.3. The van der Waals surface area contributed by atoms with E-state index >= 15 is 0 Å². The third kappa shape index (κ3) is 5.54. The van der Waals surface area contributed by atoms with Crippen molar-refractivity contribution in [1.29, 1.82) is 0 Å². The summed E-state index contributed by atoms with van der Waals surface area (Å²) in [6.45, 7) is -0.0523. The third-order valence-electron chi connectivity index (χ3n) is 2.43. The Morgan fingerprint density at radius 2 is 1.32 bits per heavy atom. The van der Waals surface area contributed by atoms with Crippen molar-refractivity contribution in [3.05, 3.63) is 60.5 Å². The van der Waals surface area contributed by atoms with E-state index in [0.717, 1.165) is 0 Å². The molecule has 2 rings (SSSR count). The number of ether oxygens (including phenoxy) is 2. The van der Waals surface area contributed by atoms with Crippen LogP contribution in [0.3, 0.4) is 0 Å². The minimum atomic E-state index is -0.543. The van der Waals surface area contributed by atoms with E-state index in [4.69, 9.17) is 18.3 Å². The fraction of sp³-hybridized carbons (Fsp3) is 0.125. The first-order valence-electron chi connectivity index (χ1n) is 6.51. The predicted octanol–water partition coefficient (Wildman–Crippen LogP) is 2.69. The Kier molecular flexibility index (Phi) is 5.80. The molecule has 6 nitrogen and oxygen atoms in total. The molecule has 2 aromatic heterocycles. The Hall–Kier alpha value is -3.02. The average Bonchev–Trinajstić information content (AvgIpc) is 3.20. The van der Waals surface area contributed by atoms with Crippen LogP contribution in [0.15, 0.2) is 57.8 Å². The summed E-state index contributed by atoms with van der Waals surface area (Å²) in [5, 5.41) is 0. The zero-order valence-electron chi connectivity index (χ0n) is 11.6. The van der Waals surface area contributed by atoms with E-state index in [1.165, 1.54) is 36.8 Å². The second-order valence-corrected chi connectivity index (χ2v) is 4.03. The molecule has 2 heterocycles. The molecule has 22 heavy (non-hydrogen) atoms. The highest BCUT2D eigenvalue weighted by atomic mass is 16.6. The molecule has 0 radical (unpaired) electrons. The zero-order chi connectivity index (χ0) is 15.6. The van der Waals surface area contributed by atoms with Gasteiger partial charge in [-0.05, 0) is 36.4 Å². The van der Waals surface area contributed by atoms with Gasteiger partial charge in [-0.25, -0.2) is 9.59 Å². The maximum Gasteiger partial charge on any atom is 0.331 e. The van der Waals surface area contributed by atoms with Crippen molar-refractivity contribution >= 4 is 24.1 Å². The molecule has 0 aromatic carbocycles. The molecule has 0 bridgehead atoms. The lowest BCUT2D eigenvalue weighted by atomic mass is 10.4. The van der Waals surface area contributed by atoms with Crippen LogP contribution in [0.2, 0.25) is 0 Å². The molecule has 0 amide bonds. The smallest absolute Gasteiger partial charge is 0.331 e. The molecule has 0 atom stereocenters. The molecule has 0 fully saturated rings. The molecule has 2 aromatic rings. The van der Waals surface area contributed by atoms with Crippen LogP contribution in [0.25, 0.3) is 12.2 Å². The highest BCUT2D eigenvalue weighted by Crippen LogP contribution is 2.03. The van der Waals surface area contributed by atoms with Crippen molar-refractivity contribution in [2.24, 2.45) is 0 Å². The summed E-state index contributed by atoms with van der Waals surface area (Å²) in [4.78, 5) is 22.7. The third-order valence-corrected chi connectivity index (χ3v) is 2.43. The van der Waals surface area contributed by atoms with E-state index in [1.54, 1.807) is 24.3 Å². The van der Waals surface area contributed by atoms with Crippen LogP contribution in [0.4, 0.5) is 0 Å². The van der Waals surface area contributed by atoms with Crippen LogP contribution in [0.5, 0.6) is 0 Å². The van der Waals surface area contributed by atoms with Crippen molar-refractivity contribution in [1.82, 2.24) is 0 Å². The SMILES string of the molecule is O=C(C=Cc1ccco1)OCCOC(=O)C=Cc1ccco1. The van der Waals surface area contributed by atoms with Gasteiger partial charge in [0, 0.05) is 12.2 Å². The van der Waals surface area contributed by atoms with Gasteiger partial charge < -0.3 is 18.3 Å². The van der Waals surface area contributed by atoms with Crippen molar-refractivity contribution in [3.8, 4) is 0 Å². The van der Waals surface area contributed by atoms with Gasteiger partial charge in [-0.2, -0.15) is 0 Å². The maximum absolute atomic E-state index is 11.3. The van der Waals surface area contributed by atoms with E-state index in [9.17, 15) is 9.59 Å². The van der Waals surface area contributed by atoms with Gasteiger partial charge in [0.1, 0.15) is 24.7 Å². The fourth-order valence-corrected chi connectivity index (χ4v) is 1.45. The van der Waals surface area contributed by atoms with Gasteiger partial charge in [0.25, 0.3) is 0 Å². The van der Waals surface area contributed by atoms with Gasteiger partial charge >= 0.3 is 11.9 Å². The first kappa shape index (κ1) is 15.4. The number of carbonyl (C=O) groups excluding carboxylic acids is 2. The highest BCUT2D eigenvalue weighted by Gasteiger charge is 2.01. The summed E-state index contributed by atoms with van der Waals surface area (Å²) in [5.41, 5.74) is 0. The minimum absolute atomic E-state index is 0.0261.